The zero-order valence-electron chi connectivity index (χ0n) is 8.08. The fraction of sp³-hybridized carbons (Fsp3) is 0.667. The average Bonchev–Trinajstić information content (AvgIpc) is 2.51. The molecule has 14 heavy (non-hydrogen) atoms. The van der Waals surface area contributed by atoms with Crippen LogP contribution in [0.1, 0.15) is 31.0 Å². The van der Waals surface area contributed by atoms with Crippen LogP contribution < -0.4 is 5.32 Å². The third kappa shape index (κ3) is 1.38. The molecule has 0 aromatic carbocycles. The molecule has 1 fully saturated rings. The second kappa shape index (κ2) is 3.39. The van der Waals surface area contributed by atoms with Gasteiger partial charge in [-0.25, -0.2) is 0 Å². The Morgan fingerprint density at radius 3 is 2.86 bits per heavy atom. The predicted molar refractivity (Wildman–Crippen MR) is 48.2 cm³/mol. The Kier molecular flexibility index (Phi) is 2.22. The zero-order valence-corrected chi connectivity index (χ0v) is 8.08. The van der Waals surface area contributed by atoms with Crippen LogP contribution in [0.3, 0.4) is 0 Å². The summed E-state index contributed by atoms with van der Waals surface area (Å²) in [4.78, 5) is 4.21. The largest absolute Gasteiger partial charge is 0.340 e. The van der Waals surface area contributed by atoms with Crippen molar-refractivity contribution in [3.05, 3.63) is 11.7 Å². The Labute approximate surface area is 82.1 Å². The lowest BCUT2D eigenvalue weighted by Gasteiger charge is -2.39. The lowest BCUT2D eigenvalue weighted by atomic mass is 9.76. The fourth-order valence-corrected chi connectivity index (χ4v) is 1.71. The van der Waals surface area contributed by atoms with Crippen molar-refractivity contribution in [3.8, 4) is 6.07 Å². The lowest BCUT2D eigenvalue weighted by molar-refractivity contribution is 0.175. The summed E-state index contributed by atoms with van der Waals surface area (Å²) in [5.74, 6) is 1.27. The minimum Gasteiger partial charge on any atom is -0.340 e. The molecule has 0 bridgehead atoms. The van der Waals surface area contributed by atoms with E-state index in [1.807, 2.05) is 0 Å². The van der Waals surface area contributed by atoms with E-state index in [4.69, 9.17) is 9.78 Å². The van der Waals surface area contributed by atoms with Crippen LogP contribution in [-0.4, -0.2) is 16.7 Å². The average molecular weight is 192 g/mol. The minimum atomic E-state index is -0.201. The van der Waals surface area contributed by atoms with Gasteiger partial charge in [0.2, 0.25) is 5.89 Å². The summed E-state index contributed by atoms with van der Waals surface area (Å²) < 4.78 is 4.94. The maximum atomic E-state index is 8.52. The van der Waals surface area contributed by atoms with Gasteiger partial charge in [0.1, 0.15) is 0 Å². The molecule has 0 amide bonds. The fourth-order valence-electron chi connectivity index (χ4n) is 1.71. The van der Waals surface area contributed by atoms with E-state index >= 15 is 0 Å². The Balaban J connectivity index is 2.16. The van der Waals surface area contributed by atoms with E-state index in [-0.39, 0.29) is 5.54 Å². The number of nitriles is 1. The molecule has 5 heteroatoms. The Morgan fingerprint density at radius 1 is 1.64 bits per heavy atom. The first-order valence-corrected chi connectivity index (χ1v) is 4.70. The zero-order chi connectivity index (χ0) is 10.0. The van der Waals surface area contributed by atoms with Crippen molar-refractivity contribution in [2.45, 2.75) is 31.7 Å². The van der Waals surface area contributed by atoms with Crippen molar-refractivity contribution in [2.24, 2.45) is 0 Å². The van der Waals surface area contributed by atoms with Gasteiger partial charge in [0.05, 0.1) is 18.2 Å². The lowest BCUT2D eigenvalue weighted by Crippen LogP contribution is -2.49. The summed E-state index contributed by atoms with van der Waals surface area (Å²) in [5, 5.41) is 15.6. The molecular formula is C9H12N4O. The van der Waals surface area contributed by atoms with E-state index in [9.17, 15) is 0 Å². The van der Waals surface area contributed by atoms with E-state index in [0.29, 0.717) is 18.3 Å². The van der Waals surface area contributed by atoms with Gasteiger partial charge >= 0.3 is 0 Å². The first-order valence-electron chi connectivity index (χ1n) is 4.70. The van der Waals surface area contributed by atoms with Gasteiger partial charge in [0.15, 0.2) is 5.82 Å². The molecule has 1 aromatic rings. The molecule has 1 heterocycles. The summed E-state index contributed by atoms with van der Waals surface area (Å²) in [7, 11) is 0. The first-order chi connectivity index (χ1) is 6.77. The van der Waals surface area contributed by atoms with Gasteiger partial charge in [-0.1, -0.05) is 5.16 Å². The topological polar surface area (TPSA) is 74.7 Å². The third-order valence-corrected chi connectivity index (χ3v) is 2.67. The molecular weight excluding hydrogens is 180 g/mol. The van der Waals surface area contributed by atoms with E-state index in [1.54, 1.807) is 6.92 Å². The van der Waals surface area contributed by atoms with Gasteiger partial charge in [-0.05, 0) is 19.3 Å². The molecule has 5 nitrogen and oxygen atoms in total. The molecule has 0 atom stereocenters. The second-order valence-corrected chi connectivity index (χ2v) is 3.58. The first kappa shape index (κ1) is 9.16. The van der Waals surface area contributed by atoms with Crippen LogP contribution in [0.15, 0.2) is 4.52 Å². The van der Waals surface area contributed by atoms with E-state index in [1.165, 1.54) is 0 Å². The molecule has 1 aromatic heterocycles. The monoisotopic (exact) mass is 192 g/mol. The number of hydrogen-bond donors (Lipinski definition) is 1. The highest BCUT2D eigenvalue weighted by Crippen LogP contribution is 2.39. The number of rotatable bonds is 3. The number of nitrogens with one attached hydrogen (secondary N) is 1. The van der Waals surface area contributed by atoms with Gasteiger partial charge in [-0.2, -0.15) is 10.2 Å². The molecule has 1 saturated carbocycles. The summed E-state index contributed by atoms with van der Waals surface area (Å²) in [5.41, 5.74) is -0.201. The van der Waals surface area contributed by atoms with Gasteiger partial charge in [-0.15, -0.1) is 0 Å². The number of hydrogen-bond acceptors (Lipinski definition) is 5. The quantitative estimate of drug-likeness (QED) is 0.719. The summed E-state index contributed by atoms with van der Waals surface area (Å²) in [6.07, 6.45) is 3.10. The van der Waals surface area contributed by atoms with Crippen molar-refractivity contribution in [2.75, 3.05) is 6.54 Å². The Hall–Kier alpha value is -1.41. The number of aromatic nitrogens is 2. The number of nitrogens with zero attached hydrogens (tertiary/aromatic N) is 3. The standard InChI is InChI=1S/C9H12N4O/c1-7-12-8(13-14-7)9(3-2-4-9)11-6-5-10/h11H,2-4,6H2,1H3. The van der Waals surface area contributed by atoms with E-state index in [0.717, 1.165) is 19.3 Å². The molecule has 0 unspecified atom stereocenters. The van der Waals surface area contributed by atoms with Crippen LogP contribution in [0.4, 0.5) is 0 Å². The molecule has 0 spiro atoms. The highest BCUT2D eigenvalue weighted by atomic mass is 16.5. The summed E-state index contributed by atoms with van der Waals surface area (Å²) in [6.45, 7) is 2.10. The molecule has 1 aliphatic carbocycles. The normalized spacial score (nSPS) is 18.6. The van der Waals surface area contributed by atoms with Crippen molar-refractivity contribution in [1.29, 1.82) is 5.26 Å². The molecule has 0 aliphatic heterocycles. The van der Waals surface area contributed by atoms with Crippen LogP contribution in [0.5, 0.6) is 0 Å². The van der Waals surface area contributed by atoms with Crippen molar-refractivity contribution >= 4 is 0 Å². The molecule has 0 radical (unpaired) electrons. The van der Waals surface area contributed by atoms with Crippen molar-refractivity contribution < 1.29 is 4.52 Å². The second-order valence-electron chi connectivity index (χ2n) is 3.58. The van der Waals surface area contributed by atoms with Crippen molar-refractivity contribution in [1.82, 2.24) is 15.5 Å². The van der Waals surface area contributed by atoms with Gasteiger partial charge in [0, 0.05) is 6.92 Å². The third-order valence-electron chi connectivity index (χ3n) is 2.67. The molecule has 74 valence electrons. The number of aryl methyl sites for hydroxylation is 1. The van der Waals surface area contributed by atoms with Crippen LogP contribution in [0.2, 0.25) is 0 Å². The smallest absolute Gasteiger partial charge is 0.223 e. The maximum absolute atomic E-state index is 8.52. The Morgan fingerprint density at radius 2 is 2.43 bits per heavy atom. The van der Waals surface area contributed by atoms with E-state index in [2.05, 4.69) is 21.5 Å². The highest BCUT2D eigenvalue weighted by Gasteiger charge is 2.42. The van der Waals surface area contributed by atoms with Gasteiger partial charge in [0.25, 0.3) is 0 Å². The molecule has 1 aliphatic rings. The highest BCUT2D eigenvalue weighted by molar-refractivity contribution is 5.11. The predicted octanol–water partition coefficient (Wildman–Crippen LogP) is 0.870. The van der Waals surface area contributed by atoms with Crippen molar-refractivity contribution in [3.63, 3.8) is 0 Å². The van der Waals surface area contributed by atoms with E-state index < -0.39 is 0 Å². The molecule has 2 rings (SSSR count). The Bertz CT molecular complexity index is 361. The maximum Gasteiger partial charge on any atom is 0.223 e. The van der Waals surface area contributed by atoms with Crippen LogP contribution in [-0.2, 0) is 5.54 Å². The summed E-state index contributed by atoms with van der Waals surface area (Å²) >= 11 is 0. The molecule has 0 saturated heterocycles. The minimum absolute atomic E-state index is 0.201. The SMILES string of the molecule is Cc1nc(C2(NCC#N)CCC2)no1. The molecule has 1 N–H and O–H groups in total. The van der Waals surface area contributed by atoms with Gasteiger partial charge in [-0.3, -0.25) is 5.32 Å². The van der Waals surface area contributed by atoms with Crippen LogP contribution >= 0.6 is 0 Å². The van der Waals surface area contributed by atoms with Gasteiger partial charge < -0.3 is 4.52 Å². The van der Waals surface area contributed by atoms with Crippen LogP contribution in [0, 0.1) is 18.3 Å². The van der Waals surface area contributed by atoms with Crippen LogP contribution in [0.25, 0.3) is 0 Å². The summed E-state index contributed by atoms with van der Waals surface area (Å²) in [6, 6.07) is 2.07.